The van der Waals surface area contributed by atoms with E-state index < -0.39 is 0 Å². The summed E-state index contributed by atoms with van der Waals surface area (Å²) < 4.78 is 5.17. The monoisotopic (exact) mass is 333 g/mol. The highest BCUT2D eigenvalue weighted by atomic mass is 32.1. The molecule has 124 valence electrons. The van der Waals surface area contributed by atoms with Crippen molar-refractivity contribution in [1.82, 2.24) is 15.2 Å². The molecule has 2 rings (SSSR count). The van der Waals surface area contributed by atoms with E-state index in [-0.39, 0.29) is 5.91 Å². The van der Waals surface area contributed by atoms with Gasteiger partial charge in [-0.1, -0.05) is 0 Å². The smallest absolute Gasteiger partial charge is 0.225 e. The number of hydrogen-bond donors (Lipinski definition) is 1. The Hall–Kier alpha value is -1.92. The second kappa shape index (κ2) is 8.08. The van der Waals surface area contributed by atoms with E-state index in [1.165, 1.54) is 0 Å². The normalized spacial score (nSPS) is 10.8. The average Bonchev–Trinajstić information content (AvgIpc) is 2.88. The summed E-state index contributed by atoms with van der Waals surface area (Å²) in [6, 6.07) is 7.80. The van der Waals surface area contributed by atoms with Crippen LogP contribution in [-0.2, 0) is 11.2 Å². The molecule has 1 N–H and O–H groups in total. The fourth-order valence-electron chi connectivity index (χ4n) is 2.08. The van der Waals surface area contributed by atoms with Gasteiger partial charge in [-0.3, -0.25) is 4.79 Å². The van der Waals surface area contributed by atoms with Crippen LogP contribution in [0.4, 0.5) is 0 Å². The number of likely N-dealkylation sites (N-methyl/N-ethyl adjacent to an activating group) is 1. The fourth-order valence-corrected chi connectivity index (χ4v) is 3.14. The zero-order valence-electron chi connectivity index (χ0n) is 14.0. The summed E-state index contributed by atoms with van der Waals surface area (Å²) in [7, 11) is 5.62. The predicted molar refractivity (Wildman–Crippen MR) is 94.1 cm³/mol. The Morgan fingerprint density at radius 2 is 2.00 bits per heavy atom. The third-order valence-corrected chi connectivity index (χ3v) is 4.64. The number of ether oxygens (including phenoxy) is 1. The quantitative estimate of drug-likeness (QED) is 0.845. The molecular formula is C17H23N3O2S. The first kappa shape index (κ1) is 17.4. The van der Waals surface area contributed by atoms with Crippen LogP contribution in [0.2, 0.25) is 0 Å². The summed E-state index contributed by atoms with van der Waals surface area (Å²) in [5, 5.41) is 3.87. The Labute approximate surface area is 141 Å². The molecule has 0 saturated heterocycles. The Kier molecular flexibility index (Phi) is 6.12. The first-order valence-corrected chi connectivity index (χ1v) is 8.33. The number of methoxy groups -OCH3 is 1. The van der Waals surface area contributed by atoms with Gasteiger partial charge in [0.2, 0.25) is 5.91 Å². The standard InChI is InChI=1S/C17H23N3O2S/c1-12-15(11-16(21)18-9-10-20(2)3)23-17(19-12)13-5-7-14(22-4)8-6-13/h5-8H,9-11H2,1-4H3,(H,18,21). The molecule has 0 aliphatic rings. The number of nitrogens with one attached hydrogen (secondary N) is 1. The molecule has 0 aliphatic carbocycles. The van der Waals surface area contributed by atoms with Gasteiger partial charge in [0.05, 0.1) is 19.2 Å². The summed E-state index contributed by atoms with van der Waals surface area (Å²) in [6.07, 6.45) is 0.382. The molecule has 0 fully saturated rings. The van der Waals surface area contributed by atoms with Crippen LogP contribution < -0.4 is 10.1 Å². The van der Waals surface area contributed by atoms with Gasteiger partial charge < -0.3 is 15.0 Å². The summed E-state index contributed by atoms with van der Waals surface area (Å²) in [5.74, 6) is 0.863. The zero-order valence-corrected chi connectivity index (χ0v) is 14.9. The van der Waals surface area contributed by atoms with Gasteiger partial charge in [0.25, 0.3) is 0 Å². The molecule has 0 bridgehead atoms. The van der Waals surface area contributed by atoms with Crippen LogP contribution in [0.15, 0.2) is 24.3 Å². The summed E-state index contributed by atoms with van der Waals surface area (Å²) in [5.41, 5.74) is 1.96. The molecule has 1 amide bonds. The molecule has 0 saturated carbocycles. The lowest BCUT2D eigenvalue weighted by molar-refractivity contribution is -0.120. The van der Waals surface area contributed by atoms with E-state index in [9.17, 15) is 4.79 Å². The molecule has 0 spiro atoms. The van der Waals surface area contributed by atoms with Gasteiger partial charge in [-0.2, -0.15) is 0 Å². The number of aryl methyl sites for hydroxylation is 1. The summed E-state index contributed by atoms with van der Waals surface area (Å²) >= 11 is 1.57. The number of thiazole rings is 1. The number of nitrogens with zero attached hydrogens (tertiary/aromatic N) is 2. The Bertz CT molecular complexity index is 650. The van der Waals surface area contributed by atoms with Crippen LogP contribution in [0.5, 0.6) is 5.75 Å². The highest BCUT2D eigenvalue weighted by Gasteiger charge is 2.13. The van der Waals surface area contributed by atoms with Gasteiger partial charge in [0.15, 0.2) is 0 Å². The summed E-state index contributed by atoms with van der Waals surface area (Å²) in [6.45, 7) is 3.45. The maximum Gasteiger partial charge on any atom is 0.225 e. The largest absolute Gasteiger partial charge is 0.497 e. The molecule has 1 aromatic heterocycles. The number of rotatable bonds is 7. The van der Waals surface area contributed by atoms with Crippen LogP contribution >= 0.6 is 11.3 Å². The van der Waals surface area contributed by atoms with E-state index in [2.05, 4.69) is 10.3 Å². The minimum atomic E-state index is 0.0416. The Morgan fingerprint density at radius 3 is 2.61 bits per heavy atom. The van der Waals surface area contributed by atoms with E-state index in [0.717, 1.165) is 33.4 Å². The Balaban J connectivity index is 2.01. The van der Waals surface area contributed by atoms with Crippen LogP contribution in [0.25, 0.3) is 10.6 Å². The van der Waals surface area contributed by atoms with Crippen LogP contribution in [-0.4, -0.2) is 50.1 Å². The van der Waals surface area contributed by atoms with Crippen molar-refractivity contribution in [2.75, 3.05) is 34.3 Å². The van der Waals surface area contributed by atoms with Gasteiger partial charge in [-0.25, -0.2) is 4.98 Å². The molecular weight excluding hydrogens is 310 g/mol. The first-order chi connectivity index (χ1) is 11.0. The van der Waals surface area contributed by atoms with Crippen molar-refractivity contribution in [3.8, 4) is 16.3 Å². The second-order valence-electron chi connectivity index (χ2n) is 5.59. The van der Waals surface area contributed by atoms with Gasteiger partial charge >= 0.3 is 0 Å². The number of aromatic nitrogens is 1. The minimum absolute atomic E-state index is 0.0416. The predicted octanol–water partition coefficient (Wildman–Crippen LogP) is 2.35. The number of hydrogen-bond acceptors (Lipinski definition) is 5. The van der Waals surface area contributed by atoms with Gasteiger partial charge in [-0.05, 0) is 45.3 Å². The van der Waals surface area contributed by atoms with E-state index in [4.69, 9.17) is 4.74 Å². The highest BCUT2D eigenvalue weighted by Crippen LogP contribution is 2.29. The SMILES string of the molecule is COc1ccc(-c2nc(C)c(CC(=O)NCCN(C)C)s2)cc1. The van der Waals surface area contributed by atoms with Crippen molar-refractivity contribution in [1.29, 1.82) is 0 Å². The molecule has 1 heterocycles. The van der Waals surface area contributed by atoms with Crippen molar-refractivity contribution < 1.29 is 9.53 Å². The number of benzene rings is 1. The third kappa shape index (κ3) is 5.04. The Morgan fingerprint density at radius 1 is 1.30 bits per heavy atom. The summed E-state index contributed by atoms with van der Waals surface area (Å²) in [4.78, 5) is 19.6. The van der Waals surface area contributed by atoms with Crippen LogP contribution in [0.1, 0.15) is 10.6 Å². The van der Waals surface area contributed by atoms with Crippen LogP contribution in [0, 0.1) is 6.92 Å². The van der Waals surface area contributed by atoms with Gasteiger partial charge in [0.1, 0.15) is 10.8 Å². The maximum atomic E-state index is 12.0. The lowest BCUT2D eigenvalue weighted by atomic mass is 10.2. The number of amides is 1. The molecule has 23 heavy (non-hydrogen) atoms. The minimum Gasteiger partial charge on any atom is -0.497 e. The van der Waals surface area contributed by atoms with E-state index in [1.54, 1.807) is 18.4 Å². The van der Waals surface area contributed by atoms with Crippen molar-refractivity contribution in [2.24, 2.45) is 0 Å². The molecule has 1 aromatic carbocycles. The topological polar surface area (TPSA) is 54.5 Å². The third-order valence-electron chi connectivity index (χ3n) is 3.43. The molecule has 0 aliphatic heterocycles. The molecule has 0 radical (unpaired) electrons. The lowest BCUT2D eigenvalue weighted by Gasteiger charge is -2.09. The molecule has 6 heteroatoms. The highest BCUT2D eigenvalue weighted by molar-refractivity contribution is 7.15. The van der Waals surface area contributed by atoms with Crippen molar-refractivity contribution >= 4 is 17.2 Å². The fraction of sp³-hybridized carbons (Fsp3) is 0.412. The average molecular weight is 333 g/mol. The molecule has 2 aromatic rings. The van der Waals surface area contributed by atoms with Gasteiger partial charge in [0, 0.05) is 23.5 Å². The van der Waals surface area contributed by atoms with Crippen molar-refractivity contribution in [2.45, 2.75) is 13.3 Å². The van der Waals surface area contributed by atoms with E-state index in [0.29, 0.717) is 13.0 Å². The van der Waals surface area contributed by atoms with Crippen molar-refractivity contribution in [3.63, 3.8) is 0 Å². The first-order valence-electron chi connectivity index (χ1n) is 7.51. The number of carbonyl (C=O) groups excluding carboxylic acids is 1. The lowest BCUT2D eigenvalue weighted by Crippen LogP contribution is -2.32. The van der Waals surface area contributed by atoms with Crippen molar-refractivity contribution in [3.05, 3.63) is 34.8 Å². The maximum absolute atomic E-state index is 12.0. The molecule has 0 atom stereocenters. The second-order valence-corrected chi connectivity index (χ2v) is 6.67. The zero-order chi connectivity index (χ0) is 16.8. The van der Waals surface area contributed by atoms with E-state index in [1.807, 2.05) is 50.2 Å². The molecule has 0 unspecified atom stereocenters. The van der Waals surface area contributed by atoms with Crippen LogP contribution in [0.3, 0.4) is 0 Å². The molecule has 5 nitrogen and oxygen atoms in total. The van der Waals surface area contributed by atoms with E-state index >= 15 is 0 Å². The number of carbonyl (C=O) groups is 1. The van der Waals surface area contributed by atoms with Gasteiger partial charge in [-0.15, -0.1) is 11.3 Å².